The summed E-state index contributed by atoms with van der Waals surface area (Å²) in [6, 6.07) is -2.45. The fourth-order valence-corrected chi connectivity index (χ4v) is 7.70. The number of carbonyl (C=O) groups is 7. The number of rotatable bonds is 12. The molecular formula is C36H57N5O7. The largest absolute Gasteiger partial charge is 0.363 e. The highest BCUT2D eigenvalue weighted by atomic mass is 16.2. The average molecular weight is 672 g/mol. The van der Waals surface area contributed by atoms with Crippen molar-refractivity contribution in [2.75, 3.05) is 13.1 Å². The van der Waals surface area contributed by atoms with Gasteiger partial charge in [0.15, 0.2) is 0 Å². The molecule has 1 unspecified atom stereocenters. The number of nitrogens with zero attached hydrogens (tertiary/aromatic N) is 2. The summed E-state index contributed by atoms with van der Waals surface area (Å²) in [6.45, 7) is 19.7. The van der Waals surface area contributed by atoms with Crippen molar-refractivity contribution in [3.63, 3.8) is 0 Å². The van der Waals surface area contributed by atoms with E-state index in [1.165, 1.54) is 4.90 Å². The number of Topliss-reactive ketones (excluding diaryl/α,β-unsaturated/α-hetero) is 1. The number of amides is 6. The minimum atomic E-state index is -1.10. The van der Waals surface area contributed by atoms with Crippen LogP contribution in [0.2, 0.25) is 0 Å². The number of imide groups is 1. The maximum Gasteiger partial charge on any atom is 0.287 e. The first-order valence-electron chi connectivity index (χ1n) is 17.4. The Morgan fingerprint density at radius 3 is 1.94 bits per heavy atom. The van der Waals surface area contributed by atoms with Gasteiger partial charge in [0.05, 0.1) is 18.0 Å². The zero-order valence-electron chi connectivity index (χ0n) is 30.5. The molecule has 4 aliphatic rings. The Morgan fingerprint density at radius 2 is 1.46 bits per heavy atom. The van der Waals surface area contributed by atoms with Crippen LogP contribution in [-0.2, 0) is 33.6 Å². The molecule has 12 nitrogen and oxygen atoms in total. The van der Waals surface area contributed by atoms with Crippen molar-refractivity contribution < 1.29 is 33.6 Å². The molecule has 2 saturated carbocycles. The second-order valence-electron chi connectivity index (χ2n) is 18.4. The van der Waals surface area contributed by atoms with Crippen molar-refractivity contribution >= 4 is 41.2 Å². The number of primary amides is 1. The number of likely N-dealkylation sites (tertiary alicyclic amines) is 2. The summed E-state index contributed by atoms with van der Waals surface area (Å²) in [6.07, 6.45) is 2.49. The van der Waals surface area contributed by atoms with E-state index in [9.17, 15) is 33.6 Å². The third kappa shape index (κ3) is 8.10. The lowest BCUT2D eigenvalue weighted by Gasteiger charge is -2.40. The number of hydrogen-bond donors (Lipinski definition) is 3. The fourth-order valence-electron chi connectivity index (χ4n) is 7.70. The molecular weight excluding hydrogens is 614 g/mol. The van der Waals surface area contributed by atoms with Gasteiger partial charge in [-0.15, -0.1) is 0 Å². The summed E-state index contributed by atoms with van der Waals surface area (Å²) in [5, 5.41) is 5.82. The monoisotopic (exact) mass is 671 g/mol. The van der Waals surface area contributed by atoms with E-state index in [0.717, 1.165) is 12.8 Å². The minimum absolute atomic E-state index is 0.0377. The Morgan fingerprint density at radius 1 is 0.896 bits per heavy atom. The molecule has 0 aromatic carbocycles. The fraction of sp³-hybridized carbons (Fsp3) is 0.806. The van der Waals surface area contributed by atoms with Crippen LogP contribution in [0.4, 0.5) is 0 Å². The van der Waals surface area contributed by atoms with Crippen molar-refractivity contribution in [3.8, 4) is 0 Å². The number of ketones is 1. The van der Waals surface area contributed by atoms with Gasteiger partial charge in [-0.05, 0) is 45.8 Å². The van der Waals surface area contributed by atoms with Crippen molar-refractivity contribution in [1.82, 2.24) is 20.4 Å². The highest BCUT2D eigenvalue weighted by Crippen LogP contribution is 2.65. The first kappa shape index (κ1) is 37.5. The minimum Gasteiger partial charge on any atom is -0.363 e. The molecule has 2 aliphatic carbocycles. The van der Waals surface area contributed by atoms with Crippen molar-refractivity contribution in [1.29, 1.82) is 0 Å². The standard InChI is InChI=1S/C36H57N5O7/c1-33(2,3)20(14-24(42)39-23(34(4,5)6)18-40-25(43)15-35(7,8)16-26(40)44)32(48)41-17-21-27(36(21,9)10)28(41)31(47)38-22(13-19-11-12-19)29(45)30(37)46/h19-23,27-28H,11-18H2,1-10H3,(H2,37,46)(H,38,47)(H,39,42)/t20-,21+,22?,23-,27+,28+/m1/s1. The van der Waals surface area contributed by atoms with Crippen molar-refractivity contribution in [3.05, 3.63) is 0 Å². The van der Waals surface area contributed by atoms with Gasteiger partial charge in [-0.1, -0.05) is 82.1 Å². The zero-order chi connectivity index (χ0) is 36.3. The van der Waals surface area contributed by atoms with Crippen LogP contribution in [0.25, 0.3) is 0 Å². The van der Waals surface area contributed by atoms with Gasteiger partial charge in [-0.3, -0.25) is 38.5 Å². The molecule has 6 atom stereocenters. The van der Waals surface area contributed by atoms with E-state index >= 15 is 0 Å². The topological polar surface area (TPSA) is 176 Å². The summed E-state index contributed by atoms with van der Waals surface area (Å²) < 4.78 is 0. The summed E-state index contributed by atoms with van der Waals surface area (Å²) in [4.78, 5) is 95.2. The predicted molar refractivity (Wildman–Crippen MR) is 178 cm³/mol. The molecule has 48 heavy (non-hydrogen) atoms. The molecule has 2 saturated heterocycles. The summed E-state index contributed by atoms with van der Waals surface area (Å²) in [7, 11) is 0. The van der Waals surface area contributed by atoms with Crippen LogP contribution in [0.3, 0.4) is 0 Å². The number of nitrogens with two attached hydrogens (primary N) is 1. The summed E-state index contributed by atoms with van der Waals surface area (Å²) in [5.41, 5.74) is 3.54. The quantitative estimate of drug-likeness (QED) is 0.211. The number of nitrogens with one attached hydrogen (secondary N) is 2. The lowest BCUT2D eigenvalue weighted by atomic mass is 9.77. The maximum absolute atomic E-state index is 14.4. The number of carbonyl (C=O) groups excluding carboxylic acids is 7. The van der Waals surface area contributed by atoms with Crippen LogP contribution in [0, 0.1) is 45.3 Å². The van der Waals surface area contributed by atoms with E-state index in [0.29, 0.717) is 13.0 Å². The summed E-state index contributed by atoms with van der Waals surface area (Å²) >= 11 is 0. The number of piperidine rings is 2. The van der Waals surface area contributed by atoms with E-state index < -0.39 is 57.9 Å². The lowest BCUT2D eigenvalue weighted by molar-refractivity contribution is -0.154. The van der Waals surface area contributed by atoms with Crippen LogP contribution >= 0.6 is 0 Å². The van der Waals surface area contributed by atoms with E-state index in [4.69, 9.17) is 5.73 Å². The van der Waals surface area contributed by atoms with Gasteiger partial charge >= 0.3 is 0 Å². The van der Waals surface area contributed by atoms with Gasteiger partial charge in [0.2, 0.25) is 35.3 Å². The van der Waals surface area contributed by atoms with Gasteiger partial charge in [0.1, 0.15) is 6.04 Å². The second-order valence-corrected chi connectivity index (χ2v) is 18.4. The Bertz CT molecular complexity index is 1350. The maximum atomic E-state index is 14.4. The normalized spacial score (nSPS) is 26.7. The highest BCUT2D eigenvalue weighted by molar-refractivity contribution is 6.37. The Kier molecular flexibility index (Phi) is 10.0. The second kappa shape index (κ2) is 12.9. The summed E-state index contributed by atoms with van der Waals surface area (Å²) in [5.74, 6) is -4.26. The molecule has 2 heterocycles. The van der Waals surface area contributed by atoms with Gasteiger partial charge in [-0.2, -0.15) is 0 Å². The van der Waals surface area contributed by atoms with Crippen LogP contribution in [0.1, 0.15) is 108 Å². The highest BCUT2D eigenvalue weighted by Gasteiger charge is 2.70. The SMILES string of the molecule is CC1(C)CC(=O)N(C[C@@H](NC(=O)C[C@H](C(=O)N2C[C@H]3[C@@H]([C@H]2C(=O)NC(CC2CC2)C(=O)C(N)=O)C3(C)C)C(C)(C)C)C(C)(C)C)C(=O)C1. The molecule has 0 spiro atoms. The van der Waals surface area contributed by atoms with Crippen LogP contribution in [-0.4, -0.2) is 82.2 Å². The van der Waals surface area contributed by atoms with Crippen LogP contribution < -0.4 is 16.4 Å². The molecule has 268 valence electrons. The number of hydrogen-bond acceptors (Lipinski definition) is 7. The zero-order valence-corrected chi connectivity index (χ0v) is 30.5. The Labute approximate surface area is 285 Å². The molecule has 6 amide bonds. The third-order valence-corrected chi connectivity index (χ3v) is 11.2. The molecule has 0 aromatic heterocycles. The first-order valence-corrected chi connectivity index (χ1v) is 17.4. The molecule has 12 heteroatoms. The molecule has 2 aliphatic heterocycles. The van der Waals surface area contributed by atoms with Gasteiger partial charge in [-0.25, -0.2) is 0 Å². The Hall–Kier alpha value is -3.31. The van der Waals surface area contributed by atoms with E-state index in [1.807, 2.05) is 55.4 Å². The molecule has 4 N–H and O–H groups in total. The Balaban J connectivity index is 1.52. The smallest absolute Gasteiger partial charge is 0.287 e. The first-order chi connectivity index (χ1) is 21.8. The van der Waals surface area contributed by atoms with Crippen molar-refractivity contribution in [2.45, 2.75) is 126 Å². The van der Waals surface area contributed by atoms with E-state index in [2.05, 4.69) is 24.5 Å². The molecule has 0 bridgehead atoms. The lowest BCUT2D eigenvalue weighted by Crippen LogP contribution is -2.57. The average Bonchev–Trinajstić information content (AvgIpc) is 3.77. The van der Waals surface area contributed by atoms with Gasteiger partial charge in [0, 0.05) is 32.4 Å². The van der Waals surface area contributed by atoms with Gasteiger partial charge < -0.3 is 21.3 Å². The number of fused-ring (bicyclic) bond motifs is 1. The van der Waals surface area contributed by atoms with E-state index in [-0.39, 0.29) is 72.6 Å². The molecule has 0 radical (unpaired) electrons. The van der Waals surface area contributed by atoms with E-state index in [1.54, 1.807) is 4.90 Å². The van der Waals surface area contributed by atoms with Crippen LogP contribution in [0.15, 0.2) is 0 Å². The third-order valence-electron chi connectivity index (χ3n) is 11.2. The molecule has 4 rings (SSSR count). The predicted octanol–water partition coefficient (Wildman–Crippen LogP) is 2.57. The van der Waals surface area contributed by atoms with Crippen LogP contribution in [0.5, 0.6) is 0 Å². The molecule has 4 fully saturated rings. The molecule has 0 aromatic rings. The van der Waals surface area contributed by atoms with Crippen molar-refractivity contribution in [2.24, 2.45) is 51.1 Å². The van der Waals surface area contributed by atoms with Gasteiger partial charge in [0.25, 0.3) is 5.91 Å².